The Morgan fingerprint density at radius 1 is 0.875 bits per heavy atom. The monoisotopic (exact) mass is 317 g/mol. The Labute approximate surface area is 143 Å². The third-order valence-electron chi connectivity index (χ3n) is 4.80. The van der Waals surface area contributed by atoms with E-state index in [1.54, 1.807) is 0 Å². The average molecular weight is 317 g/mol. The van der Waals surface area contributed by atoms with Crippen LogP contribution in [0.1, 0.15) is 18.4 Å². The van der Waals surface area contributed by atoms with Gasteiger partial charge in [-0.15, -0.1) is 0 Å². The maximum atomic E-state index is 6.23. The maximum absolute atomic E-state index is 6.23. The molecule has 0 aromatic heterocycles. The zero-order valence-electron chi connectivity index (χ0n) is 13.9. The first-order chi connectivity index (χ1) is 11.9. The molecular formula is C22H23NO. The van der Waals surface area contributed by atoms with Crippen LogP contribution in [0, 0.1) is 0 Å². The minimum absolute atomic E-state index is 0.311. The number of anilines is 1. The van der Waals surface area contributed by atoms with E-state index in [0.29, 0.717) is 12.7 Å². The summed E-state index contributed by atoms with van der Waals surface area (Å²) in [6.45, 7) is 2.80. The fourth-order valence-corrected chi connectivity index (χ4v) is 3.49. The third-order valence-corrected chi connectivity index (χ3v) is 4.80. The summed E-state index contributed by atoms with van der Waals surface area (Å²) in [6, 6.07) is 25.8. The molecule has 1 unspecified atom stereocenters. The van der Waals surface area contributed by atoms with E-state index in [4.69, 9.17) is 4.74 Å². The summed E-state index contributed by atoms with van der Waals surface area (Å²) in [5, 5.41) is 2.57. The fourth-order valence-electron chi connectivity index (χ4n) is 3.49. The quantitative estimate of drug-likeness (QED) is 0.669. The second kappa shape index (κ2) is 7.06. The van der Waals surface area contributed by atoms with E-state index in [9.17, 15) is 0 Å². The molecule has 1 saturated heterocycles. The van der Waals surface area contributed by atoms with Gasteiger partial charge in [0.25, 0.3) is 0 Å². The van der Waals surface area contributed by atoms with Crippen LogP contribution >= 0.6 is 0 Å². The second-order valence-corrected chi connectivity index (χ2v) is 6.54. The van der Waals surface area contributed by atoms with Gasteiger partial charge in [0.1, 0.15) is 0 Å². The average Bonchev–Trinajstić information content (AvgIpc) is 2.67. The lowest BCUT2D eigenvalue weighted by Gasteiger charge is -2.34. The minimum atomic E-state index is 0.311. The number of benzene rings is 3. The lowest BCUT2D eigenvalue weighted by Crippen LogP contribution is -2.39. The molecule has 1 heterocycles. The highest BCUT2D eigenvalue weighted by Gasteiger charge is 2.20. The van der Waals surface area contributed by atoms with Crippen molar-refractivity contribution in [2.75, 3.05) is 18.0 Å². The highest BCUT2D eigenvalue weighted by Crippen LogP contribution is 2.22. The Kier molecular flexibility index (Phi) is 4.48. The molecule has 4 rings (SSSR count). The van der Waals surface area contributed by atoms with Crippen molar-refractivity contribution in [3.63, 3.8) is 0 Å². The van der Waals surface area contributed by atoms with E-state index in [1.165, 1.54) is 28.4 Å². The first-order valence-electron chi connectivity index (χ1n) is 8.78. The van der Waals surface area contributed by atoms with E-state index in [1.807, 2.05) is 0 Å². The van der Waals surface area contributed by atoms with Gasteiger partial charge < -0.3 is 9.64 Å². The van der Waals surface area contributed by atoms with Gasteiger partial charge in [0.15, 0.2) is 0 Å². The molecule has 2 nitrogen and oxygen atoms in total. The van der Waals surface area contributed by atoms with E-state index in [-0.39, 0.29) is 0 Å². The summed E-state index contributed by atoms with van der Waals surface area (Å²) in [5.41, 5.74) is 2.56. The lowest BCUT2D eigenvalue weighted by molar-refractivity contribution is 0.0316. The predicted molar refractivity (Wildman–Crippen MR) is 100 cm³/mol. The maximum Gasteiger partial charge on any atom is 0.0755 e. The molecule has 24 heavy (non-hydrogen) atoms. The number of para-hydroxylation sites is 1. The number of fused-ring (bicyclic) bond motifs is 1. The van der Waals surface area contributed by atoms with Gasteiger partial charge in [0, 0.05) is 18.8 Å². The van der Waals surface area contributed by atoms with Gasteiger partial charge in [-0.3, -0.25) is 0 Å². The largest absolute Gasteiger partial charge is 0.372 e. The summed E-state index contributed by atoms with van der Waals surface area (Å²) >= 11 is 0. The van der Waals surface area contributed by atoms with E-state index in [0.717, 1.165) is 19.5 Å². The Morgan fingerprint density at radius 2 is 1.67 bits per heavy atom. The number of ether oxygens (including phenoxy) is 1. The van der Waals surface area contributed by atoms with E-state index in [2.05, 4.69) is 77.7 Å². The molecule has 3 aromatic carbocycles. The molecule has 0 radical (unpaired) electrons. The van der Waals surface area contributed by atoms with Crippen LogP contribution in [0.4, 0.5) is 5.69 Å². The van der Waals surface area contributed by atoms with Gasteiger partial charge in [0.05, 0.1) is 12.7 Å². The van der Waals surface area contributed by atoms with Gasteiger partial charge >= 0.3 is 0 Å². The number of hydrogen-bond donors (Lipinski definition) is 0. The van der Waals surface area contributed by atoms with E-state index >= 15 is 0 Å². The third kappa shape index (κ3) is 3.44. The van der Waals surface area contributed by atoms with Crippen LogP contribution in [0.25, 0.3) is 10.8 Å². The van der Waals surface area contributed by atoms with Crippen molar-refractivity contribution in [1.29, 1.82) is 0 Å². The molecule has 0 spiro atoms. The van der Waals surface area contributed by atoms with E-state index < -0.39 is 0 Å². The minimum Gasteiger partial charge on any atom is -0.372 e. The highest BCUT2D eigenvalue weighted by atomic mass is 16.5. The van der Waals surface area contributed by atoms with Gasteiger partial charge in [-0.2, -0.15) is 0 Å². The summed E-state index contributed by atoms with van der Waals surface area (Å²) in [4.78, 5) is 2.44. The molecular weight excluding hydrogens is 294 g/mol. The van der Waals surface area contributed by atoms with Crippen LogP contribution in [0.2, 0.25) is 0 Å². The van der Waals surface area contributed by atoms with Crippen LogP contribution in [0.15, 0.2) is 72.8 Å². The van der Waals surface area contributed by atoms with Crippen LogP contribution in [0.3, 0.4) is 0 Å². The Balaban J connectivity index is 1.39. The van der Waals surface area contributed by atoms with Crippen LogP contribution in [-0.2, 0) is 11.3 Å². The van der Waals surface area contributed by atoms with Crippen molar-refractivity contribution in [3.05, 3.63) is 78.4 Å². The number of hydrogen-bond acceptors (Lipinski definition) is 2. The lowest BCUT2D eigenvalue weighted by atomic mass is 10.1. The zero-order valence-corrected chi connectivity index (χ0v) is 13.9. The number of piperidine rings is 1. The first-order valence-corrected chi connectivity index (χ1v) is 8.78. The van der Waals surface area contributed by atoms with Gasteiger partial charge in [-0.25, -0.2) is 0 Å². The SMILES string of the molecule is c1ccc(N2CCCC(OCc3ccc4ccccc4c3)C2)cc1. The summed E-state index contributed by atoms with van der Waals surface area (Å²) in [7, 11) is 0. The molecule has 1 fully saturated rings. The van der Waals surface area contributed by atoms with Crippen molar-refractivity contribution in [3.8, 4) is 0 Å². The first kappa shape index (κ1) is 15.2. The van der Waals surface area contributed by atoms with Crippen LogP contribution < -0.4 is 4.90 Å². The van der Waals surface area contributed by atoms with Crippen LogP contribution in [0.5, 0.6) is 0 Å². The topological polar surface area (TPSA) is 12.5 Å². The molecule has 1 aliphatic heterocycles. The van der Waals surface area contributed by atoms with Crippen molar-refractivity contribution in [2.45, 2.75) is 25.6 Å². The Bertz CT molecular complexity index is 799. The van der Waals surface area contributed by atoms with Crippen LogP contribution in [-0.4, -0.2) is 19.2 Å². The molecule has 122 valence electrons. The molecule has 2 heteroatoms. The van der Waals surface area contributed by atoms with Gasteiger partial charge in [-0.05, 0) is 47.4 Å². The number of nitrogens with zero attached hydrogens (tertiary/aromatic N) is 1. The smallest absolute Gasteiger partial charge is 0.0755 e. The molecule has 1 aliphatic rings. The Morgan fingerprint density at radius 3 is 2.54 bits per heavy atom. The van der Waals surface area contributed by atoms with Crippen molar-refractivity contribution >= 4 is 16.5 Å². The predicted octanol–water partition coefficient (Wildman–Crippen LogP) is 5.03. The highest BCUT2D eigenvalue weighted by molar-refractivity contribution is 5.82. The molecule has 0 bridgehead atoms. The fraction of sp³-hybridized carbons (Fsp3) is 0.273. The zero-order chi connectivity index (χ0) is 16.2. The standard InChI is InChI=1S/C22H23NO/c1-2-9-21(10-3-1)23-14-6-11-22(16-23)24-17-18-12-13-19-7-4-5-8-20(19)15-18/h1-5,7-10,12-13,15,22H,6,11,14,16-17H2. The molecule has 0 aliphatic carbocycles. The summed E-state index contributed by atoms with van der Waals surface area (Å²) in [6.07, 6.45) is 2.65. The molecule has 3 aromatic rings. The van der Waals surface area contributed by atoms with Crippen molar-refractivity contribution < 1.29 is 4.74 Å². The molecule has 1 atom stereocenters. The number of rotatable bonds is 4. The van der Waals surface area contributed by atoms with Crippen molar-refractivity contribution in [1.82, 2.24) is 0 Å². The summed E-state index contributed by atoms with van der Waals surface area (Å²) in [5.74, 6) is 0. The van der Waals surface area contributed by atoms with Gasteiger partial charge in [-0.1, -0.05) is 54.6 Å². The van der Waals surface area contributed by atoms with Gasteiger partial charge in [0.2, 0.25) is 0 Å². The normalized spacial score (nSPS) is 18.0. The molecule has 0 amide bonds. The Hall–Kier alpha value is -2.32. The molecule has 0 N–H and O–H groups in total. The van der Waals surface area contributed by atoms with Crippen molar-refractivity contribution in [2.24, 2.45) is 0 Å². The summed E-state index contributed by atoms with van der Waals surface area (Å²) < 4.78 is 6.23. The molecule has 0 saturated carbocycles. The second-order valence-electron chi connectivity index (χ2n) is 6.54.